The molecule has 0 saturated carbocycles. The number of hydrogen-bond donors (Lipinski definition) is 2. The molecule has 2 aromatic rings. The highest BCUT2D eigenvalue weighted by atomic mass is 16.5. The average molecular weight is 425 g/mol. The molecule has 31 heavy (non-hydrogen) atoms. The SMILES string of the molecule is CN(Cc1ccccc1)C(=O)NCCC(=O)NCc1ccccc1CN1CCOCC1. The van der Waals surface area contributed by atoms with Crippen molar-refractivity contribution >= 4 is 11.9 Å². The summed E-state index contributed by atoms with van der Waals surface area (Å²) in [6.07, 6.45) is 0.247. The number of ether oxygens (including phenoxy) is 1. The summed E-state index contributed by atoms with van der Waals surface area (Å²) in [7, 11) is 1.74. The van der Waals surface area contributed by atoms with Crippen molar-refractivity contribution in [1.82, 2.24) is 20.4 Å². The second-order valence-electron chi connectivity index (χ2n) is 7.76. The van der Waals surface area contributed by atoms with Crippen LogP contribution < -0.4 is 10.6 Å². The minimum Gasteiger partial charge on any atom is -0.379 e. The van der Waals surface area contributed by atoms with Crippen molar-refractivity contribution < 1.29 is 14.3 Å². The Kier molecular flexibility index (Phi) is 8.87. The molecule has 1 aliphatic rings. The van der Waals surface area contributed by atoms with Gasteiger partial charge >= 0.3 is 6.03 Å². The van der Waals surface area contributed by atoms with Crippen LogP contribution in [0.2, 0.25) is 0 Å². The van der Waals surface area contributed by atoms with Crippen LogP contribution in [0.5, 0.6) is 0 Å². The van der Waals surface area contributed by atoms with Crippen molar-refractivity contribution in [3.8, 4) is 0 Å². The van der Waals surface area contributed by atoms with Gasteiger partial charge in [-0.2, -0.15) is 0 Å². The Morgan fingerprint density at radius 1 is 0.968 bits per heavy atom. The number of rotatable bonds is 9. The van der Waals surface area contributed by atoms with Crippen molar-refractivity contribution in [3.05, 3.63) is 71.3 Å². The number of nitrogens with one attached hydrogen (secondary N) is 2. The van der Waals surface area contributed by atoms with Crippen molar-refractivity contribution in [2.45, 2.75) is 26.1 Å². The predicted molar refractivity (Wildman–Crippen MR) is 120 cm³/mol. The van der Waals surface area contributed by atoms with E-state index < -0.39 is 0 Å². The van der Waals surface area contributed by atoms with Crippen LogP contribution in [-0.2, 0) is 29.2 Å². The maximum Gasteiger partial charge on any atom is 0.317 e. The largest absolute Gasteiger partial charge is 0.379 e. The van der Waals surface area contributed by atoms with E-state index in [-0.39, 0.29) is 18.4 Å². The first-order chi connectivity index (χ1) is 15.1. The van der Waals surface area contributed by atoms with Crippen LogP contribution in [-0.4, -0.2) is 61.6 Å². The molecule has 1 saturated heterocycles. The Morgan fingerprint density at radius 3 is 2.39 bits per heavy atom. The van der Waals surface area contributed by atoms with E-state index in [1.165, 1.54) is 5.56 Å². The third-order valence-corrected chi connectivity index (χ3v) is 5.33. The molecule has 0 unspecified atom stereocenters. The van der Waals surface area contributed by atoms with Crippen molar-refractivity contribution in [3.63, 3.8) is 0 Å². The molecule has 7 nitrogen and oxygen atoms in total. The quantitative estimate of drug-likeness (QED) is 0.648. The molecule has 2 aromatic carbocycles. The van der Waals surface area contributed by atoms with E-state index in [0.717, 1.165) is 44.0 Å². The lowest BCUT2D eigenvalue weighted by Gasteiger charge is -2.27. The molecule has 1 heterocycles. The van der Waals surface area contributed by atoms with Crippen LogP contribution in [0, 0.1) is 0 Å². The highest BCUT2D eigenvalue weighted by Crippen LogP contribution is 2.13. The summed E-state index contributed by atoms with van der Waals surface area (Å²) in [6, 6.07) is 17.8. The maximum absolute atomic E-state index is 12.3. The summed E-state index contributed by atoms with van der Waals surface area (Å²) in [4.78, 5) is 28.4. The summed E-state index contributed by atoms with van der Waals surface area (Å²) in [6.45, 7) is 5.58. The lowest BCUT2D eigenvalue weighted by molar-refractivity contribution is -0.121. The van der Waals surface area contributed by atoms with Crippen molar-refractivity contribution in [2.24, 2.45) is 0 Å². The molecule has 0 radical (unpaired) electrons. The Bertz CT molecular complexity index is 838. The van der Waals surface area contributed by atoms with Crippen LogP contribution in [0.4, 0.5) is 4.79 Å². The molecule has 1 fully saturated rings. The first kappa shape index (κ1) is 22.8. The van der Waals surface area contributed by atoms with Gasteiger partial charge < -0.3 is 20.3 Å². The van der Waals surface area contributed by atoms with E-state index in [2.05, 4.69) is 27.7 Å². The number of nitrogens with zero attached hydrogens (tertiary/aromatic N) is 2. The molecule has 0 aromatic heterocycles. The van der Waals surface area contributed by atoms with Crippen LogP contribution in [0.15, 0.2) is 54.6 Å². The molecule has 0 spiro atoms. The first-order valence-corrected chi connectivity index (χ1v) is 10.8. The van der Waals surface area contributed by atoms with E-state index in [1.807, 2.05) is 42.5 Å². The molecular formula is C24H32N4O3. The van der Waals surface area contributed by atoms with Gasteiger partial charge in [0, 0.05) is 52.7 Å². The van der Waals surface area contributed by atoms with Crippen LogP contribution in [0.3, 0.4) is 0 Å². The Morgan fingerprint density at radius 2 is 1.65 bits per heavy atom. The normalized spacial score (nSPS) is 14.1. The fraction of sp³-hybridized carbons (Fsp3) is 0.417. The van der Waals surface area contributed by atoms with Gasteiger partial charge in [0.25, 0.3) is 0 Å². The van der Waals surface area contributed by atoms with Gasteiger partial charge in [0.05, 0.1) is 13.2 Å². The second-order valence-corrected chi connectivity index (χ2v) is 7.76. The highest BCUT2D eigenvalue weighted by Gasteiger charge is 2.13. The zero-order valence-corrected chi connectivity index (χ0v) is 18.2. The Hall–Kier alpha value is -2.90. The predicted octanol–water partition coefficient (Wildman–Crippen LogP) is 2.37. The molecule has 2 N–H and O–H groups in total. The third-order valence-electron chi connectivity index (χ3n) is 5.33. The topological polar surface area (TPSA) is 73.9 Å². The monoisotopic (exact) mass is 424 g/mol. The van der Waals surface area contributed by atoms with Gasteiger partial charge in [-0.3, -0.25) is 9.69 Å². The summed E-state index contributed by atoms with van der Waals surface area (Å²) in [5, 5.41) is 5.78. The van der Waals surface area contributed by atoms with E-state index >= 15 is 0 Å². The number of carbonyl (C=O) groups excluding carboxylic acids is 2. The minimum atomic E-state index is -0.187. The molecule has 7 heteroatoms. The number of morpholine rings is 1. The summed E-state index contributed by atoms with van der Waals surface area (Å²) >= 11 is 0. The highest BCUT2D eigenvalue weighted by molar-refractivity contribution is 5.78. The van der Waals surface area contributed by atoms with Gasteiger partial charge in [-0.25, -0.2) is 4.79 Å². The lowest BCUT2D eigenvalue weighted by Crippen LogP contribution is -2.38. The van der Waals surface area contributed by atoms with Crippen LogP contribution in [0.1, 0.15) is 23.1 Å². The third kappa shape index (κ3) is 7.70. The van der Waals surface area contributed by atoms with Gasteiger partial charge in [0.15, 0.2) is 0 Å². The van der Waals surface area contributed by atoms with Gasteiger partial charge in [0.2, 0.25) is 5.91 Å². The zero-order chi connectivity index (χ0) is 21.9. The van der Waals surface area contributed by atoms with Gasteiger partial charge in [0.1, 0.15) is 0 Å². The molecule has 3 amide bonds. The van der Waals surface area contributed by atoms with Gasteiger partial charge in [-0.1, -0.05) is 54.6 Å². The number of amides is 3. The van der Waals surface area contributed by atoms with Gasteiger partial charge in [-0.15, -0.1) is 0 Å². The molecule has 1 aliphatic heterocycles. The fourth-order valence-electron chi connectivity index (χ4n) is 3.51. The molecule has 3 rings (SSSR count). The minimum absolute atomic E-state index is 0.0767. The number of urea groups is 1. The lowest BCUT2D eigenvalue weighted by atomic mass is 10.1. The number of benzene rings is 2. The second kappa shape index (κ2) is 12.1. The fourth-order valence-corrected chi connectivity index (χ4v) is 3.51. The van der Waals surface area contributed by atoms with Crippen LogP contribution >= 0.6 is 0 Å². The Balaban J connectivity index is 1.38. The van der Waals surface area contributed by atoms with E-state index in [4.69, 9.17) is 4.74 Å². The maximum atomic E-state index is 12.3. The number of hydrogen-bond acceptors (Lipinski definition) is 4. The average Bonchev–Trinajstić information content (AvgIpc) is 2.80. The van der Waals surface area contributed by atoms with Crippen LogP contribution in [0.25, 0.3) is 0 Å². The molecule has 0 bridgehead atoms. The van der Waals surface area contributed by atoms with E-state index in [9.17, 15) is 9.59 Å². The standard InChI is InChI=1S/C24H32N4O3/c1-27(18-20-7-3-2-4-8-20)24(30)25-12-11-23(29)26-17-21-9-5-6-10-22(21)19-28-13-15-31-16-14-28/h2-10H,11-19H2,1H3,(H,25,30)(H,26,29). The summed E-state index contributed by atoms with van der Waals surface area (Å²) in [5.41, 5.74) is 3.41. The number of carbonyl (C=O) groups is 2. The Labute approximate surface area is 184 Å². The molecular weight excluding hydrogens is 392 g/mol. The molecule has 166 valence electrons. The van der Waals surface area contributed by atoms with Crippen molar-refractivity contribution in [1.29, 1.82) is 0 Å². The summed E-state index contributed by atoms with van der Waals surface area (Å²) in [5.74, 6) is -0.0767. The smallest absolute Gasteiger partial charge is 0.317 e. The van der Waals surface area contributed by atoms with Crippen molar-refractivity contribution in [2.75, 3.05) is 39.9 Å². The summed E-state index contributed by atoms with van der Waals surface area (Å²) < 4.78 is 5.41. The first-order valence-electron chi connectivity index (χ1n) is 10.8. The van der Waals surface area contributed by atoms with E-state index in [0.29, 0.717) is 19.6 Å². The zero-order valence-electron chi connectivity index (χ0n) is 18.2. The van der Waals surface area contributed by atoms with Gasteiger partial charge in [-0.05, 0) is 16.7 Å². The molecule has 0 atom stereocenters. The molecule has 0 aliphatic carbocycles. The van der Waals surface area contributed by atoms with E-state index in [1.54, 1.807) is 11.9 Å².